The summed E-state index contributed by atoms with van der Waals surface area (Å²) in [5.41, 5.74) is 1.92. The maximum Gasteiger partial charge on any atom is 0.240 e. The van der Waals surface area contributed by atoms with Gasteiger partial charge in [-0.25, -0.2) is 23.6 Å². The number of benzene rings is 1. The van der Waals surface area contributed by atoms with Crippen molar-refractivity contribution in [1.29, 1.82) is 0 Å². The first kappa shape index (κ1) is 24.1. The number of aromatic nitrogens is 3. The summed E-state index contributed by atoms with van der Waals surface area (Å²) in [7, 11) is -1.22. The molecule has 3 heterocycles. The van der Waals surface area contributed by atoms with Crippen LogP contribution < -0.4 is 20.1 Å². The summed E-state index contributed by atoms with van der Waals surface area (Å²) >= 11 is 1.43. The number of hydrogen-bond acceptors (Lipinski definition) is 8. The molecular weight excluding hydrogens is 487 g/mol. The van der Waals surface area contributed by atoms with Gasteiger partial charge in [0.05, 0.1) is 16.4 Å². The number of anilines is 2. The van der Waals surface area contributed by atoms with E-state index in [1.165, 1.54) is 17.4 Å². The molecule has 2 atom stereocenters. The van der Waals surface area contributed by atoms with Gasteiger partial charge in [-0.3, -0.25) is 0 Å². The Morgan fingerprint density at radius 3 is 2.89 bits per heavy atom. The van der Waals surface area contributed by atoms with Gasteiger partial charge < -0.3 is 20.1 Å². The quantitative estimate of drug-likeness (QED) is 0.376. The van der Waals surface area contributed by atoms with E-state index in [0.717, 1.165) is 49.3 Å². The Balaban J connectivity index is 1.34. The molecule has 2 aliphatic rings. The number of nitrogens with one attached hydrogen (secondary N) is 3. The standard InChI is InChI=1S/C24H29FN6O2S2/c1-14-10-21(18(25)11-20(14)31-35(32)13-16-5-6-16)33-23-22(34-15(2)28-23)19-7-9-27-24(30-19)29-17-4-3-8-26-12-17/h7,9-11,16-17,26,31H,3-6,8,12-13H2,1-2H3,(H,27,29,30). The summed E-state index contributed by atoms with van der Waals surface area (Å²) in [5, 5.41) is 7.54. The molecule has 0 amide bonds. The number of hydrogen-bond donors (Lipinski definition) is 3. The topological polar surface area (TPSA) is 101 Å². The molecule has 3 aromatic rings. The zero-order valence-electron chi connectivity index (χ0n) is 19.8. The van der Waals surface area contributed by atoms with Crippen molar-refractivity contribution in [3.05, 3.63) is 40.8 Å². The van der Waals surface area contributed by atoms with Crippen LogP contribution in [0.2, 0.25) is 0 Å². The summed E-state index contributed by atoms with van der Waals surface area (Å²) in [6.07, 6.45) is 6.10. The molecule has 2 fully saturated rings. The second-order valence-electron chi connectivity index (χ2n) is 9.08. The summed E-state index contributed by atoms with van der Waals surface area (Å²) in [4.78, 5) is 14.2. The van der Waals surface area contributed by atoms with Gasteiger partial charge in [0.1, 0.15) is 15.9 Å². The van der Waals surface area contributed by atoms with Crippen LogP contribution in [0, 0.1) is 25.6 Å². The molecule has 8 nitrogen and oxygen atoms in total. The Kier molecular flexibility index (Phi) is 7.26. The molecule has 3 N–H and O–H groups in total. The van der Waals surface area contributed by atoms with Gasteiger partial charge in [0, 0.05) is 30.6 Å². The van der Waals surface area contributed by atoms with Crippen molar-refractivity contribution in [1.82, 2.24) is 20.3 Å². The minimum absolute atomic E-state index is 0.0632. The average molecular weight is 517 g/mol. The van der Waals surface area contributed by atoms with E-state index in [0.29, 0.717) is 39.8 Å². The molecule has 5 rings (SSSR count). The Bertz CT molecular complexity index is 1230. The van der Waals surface area contributed by atoms with E-state index in [1.54, 1.807) is 18.3 Å². The zero-order valence-corrected chi connectivity index (χ0v) is 21.4. The van der Waals surface area contributed by atoms with E-state index in [4.69, 9.17) is 4.74 Å². The van der Waals surface area contributed by atoms with Crippen LogP contribution in [0.5, 0.6) is 11.6 Å². The first-order chi connectivity index (χ1) is 16.9. The van der Waals surface area contributed by atoms with Crippen molar-refractivity contribution in [3.63, 3.8) is 0 Å². The molecule has 0 spiro atoms. The van der Waals surface area contributed by atoms with Crippen LogP contribution in [-0.2, 0) is 11.0 Å². The van der Waals surface area contributed by atoms with E-state index in [9.17, 15) is 8.60 Å². The van der Waals surface area contributed by atoms with Crippen LogP contribution in [-0.4, -0.2) is 44.0 Å². The molecule has 1 aliphatic carbocycles. The van der Waals surface area contributed by atoms with Gasteiger partial charge in [-0.1, -0.05) is 0 Å². The van der Waals surface area contributed by atoms with Gasteiger partial charge in [0.15, 0.2) is 11.6 Å². The maximum absolute atomic E-state index is 15.0. The Labute approximate surface area is 210 Å². The van der Waals surface area contributed by atoms with Gasteiger partial charge in [-0.05, 0) is 69.7 Å². The fourth-order valence-corrected chi connectivity index (χ4v) is 6.09. The smallest absolute Gasteiger partial charge is 0.240 e. The van der Waals surface area contributed by atoms with E-state index in [1.807, 2.05) is 13.8 Å². The third-order valence-electron chi connectivity index (χ3n) is 6.01. The summed E-state index contributed by atoms with van der Waals surface area (Å²) < 4.78 is 36.1. The SMILES string of the molecule is Cc1nc(Oc2cc(C)c(NS(=O)CC3CC3)cc2F)c(-c2ccnc(NC3CCCNC3)n2)s1. The van der Waals surface area contributed by atoms with Crippen LogP contribution >= 0.6 is 11.3 Å². The van der Waals surface area contributed by atoms with Crippen molar-refractivity contribution >= 4 is 34.0 Å². The second kappa shape index (κ2) is 10.5. The highest BCUT2D eigenvalue weighted by atomic mass is 32.2. The maximum atomic E-state index is 15.0. The lowest BCUT2D eigenvalue weighted by Crippen LogP contribution is -2.38. The lowest BCUT2D eigenvalue weighted by molar-refractivity contribution is 0.430. The molecule has 1 saturated heterocycles. The molecule has 1 saturated carbocycles. The minimum Gasteiger partial charge on any atom is -0.434 e. The van der Waals surface area contributed by atoms with Crippen LogP contribution in [0.4, 0.5) is 16.0 Å². The molecule has 186 valence electrons. The predicted octanol–water partition coefficient (Wildman–Crippen LogP) is 4.80. The number of aryl methyl sites for hydroxylation is 2. The van der Waals surface area contributed by atoms with Crippen molar-refractivity contribution in [2.75, 3.05) is 28.9 Å². The summed E-state index contributed by atoms with van der Waals surface area (Å²) in [5.74, 6) is 1.46. The molecule has 11 heteroatoms. The molecule has 2 aromatic heterocycles. The lowest BCUT2D eigenvalue weighted by Gasteiger charge is -2.23. The van der Waals surface area contributed by atoms with Crippen molar-refractivity contribution in [2.24, 2.45) is 5.92 Å². The van der Waals surface area contributed by atoms with Crippen LogP contribution in [0.15, 0.2) is 24.4 Å². The highest BCUT2D eigenvalue weighted by Gasteiger charge is 2.24. The monoisotopic (exact) mass is 516 g/mol. The molecule has 1 aliphatic heterocycles. The number of halogens is 1. The fourth-order valence-electron chi connectivity index (χ4n) is 3.96. The van der Waals surface area contributed by atoms with Gasteiger partial charge >= 0.3 is 0 Å². The second-order valence-corrected chi connectivity index (χ2v) is 11.5. The predicted molar refractivity (Wildman–Crippen MR) is 138 cm³/mol. The highest BCUT2D eigenvalue weighted by Crippen LogP contribution is 2.39. The van der Waals surface area contributed by atoms with E-state index < -0.39 is 16.8 Å². The molecular formula is C24H29FN6O2S2. The fraction of sp³-hybridized carbons (Fsp3) is 0.458. The highest BCUT2D eigenvalue weighted by molar-refractivity contribution is 7.86. The van der Waals surface area contributed by atoms with Gasteiger partial charge in [-0.2, -0.15) is 0 Å². The zero-order chi connectivity index (χ0) is 24.4. The molecule has 2 unspecified atom stereocenters. The summed E-state index contributed by atoms with van der Waals surface area (Å²) in [6, 6.07) is 5.02. The number of nitrogens with zero attached hydrogens (tertiary/aromatic N) is 3. The number of thiazole rings is 1. The first-order valence-corrected chi connectivity index (χ1v) is 14.0. The van der Waals surface area contributed by atoms with Gasteiger partial charge in [0.25, 0.3) is 0 Å². The van der Waals surface area contributed by atoms with Crippen LogP contribution in [0.25, 0.3) is 10.6 Å². The van der Waals surface area contributed by atoms with Crippen molar-refractivity contribution < 1.29 is 13.3 Å². The van der Waals surface area contributed by atoms with E-state index >= 15 is 0 Å². The number of piperidine rings is 1. The van der Waals surface area contributed by atoms with Crippen molar-refractivity contribution in [3.8, 4) is 22.2 Å². The molecule has 1 aromatic carbocycles. The normalized spacial score (nSPS) is 18.8. The molecule has 0 bridgehead atoms. The van der Waals surface area contributed by atoms with Gasteiger partial charge in [-0.15, -0.1) is 11.3 Å². The Hall–Kier alpha value is -2.63. The summed E-state index contributed by atoms with van der Waals surface area (Å²) in [6.45, 7) is 5.61. The lowest BCUT2D eigenvalue weighted by atomic mass is 10.1. The third kappa shape index (κ3) is 6.14. The third-order valence-corrected chi connectivity index (χ3v) is 8.21. The number of ether oxygens (including phenoxy) is 1. The van der Waals surface area contributed by atoms with E-state index in [2.05, 4.69) is 30.3 Å². The van der Waals surface area contributed by atoms with Crippen molar-refractivity contribution in [2.45, 2.75) is 45.6 Å². The minimum atomic E-state index is -1.22. The van der Waals surface area contributed by atoms with Crippen LogP contribution in [0.1, 0.15) is 36.3 Å². The van der Waals surface area contributed by atoms with Gasteiger partial charge in [0.2, 0.25) is 11.8 Å². The largest absolute Gasteiger partial charge is 0.434 e. The Morgan fingerprint density at radius 2 is 2.11 bits per heavy atom. The Morgan fingerprint density at radius 1 is 1.26 bits per heavy atom. The molecule has 0 radical (unpaired) electrons. The van der Waals surface area contributed by atoms with Crippen LogP contribution in [0.3, 0.4) is 0 Å². The van der Waals surface area contributed by atoms with E-state index in [-0.39, 0.29) is 11.8 Å². The number of rotatable bonds is 9. The average Bonchev–Trinajstić information content (AvgIpc) is 3.57. The first-order valence-electron chi connectivity index (χ1n) is 11.9. The molecule has 35 heavy (non-hydrogen) atoms.